The lowest BCUT2D eigenvalue weighted by molar-refractivity contribution is 1.12. The van der Waals surface area contributed by atoms with Gasteiger partial charge in [-0.25, -0.2) is 0 Å². The number of aryl methyl sites for hydroxylation is 1. The van der Waals surface area contributed by atoms with E-state index in [1.165, 1.54) is 27.5 Å². The van der Waals surface area contributed by atoms with Crippen molar-refractivity contribution >= 4 is 27.3 Å². The van der Waals surface area contributed by atoms with Crippen molar-refractivity contribution in [3.63, 3.8) is 0 Å². The van der Waals surface area contributed by atoms with Crippen LogP contribution < -0.4 is 0 Å². The van der Waals surface area contributed by atoms with Gasteiger partial charge in [0.1, 0.15) is 0 Å². The minimum absolute atomic E-state index is 0.864. The van der Waals surface area contributed by atoms with Gasteiger partial charge in [0.05, 0.1) is 5.52 Å². The van der Waals surface area contributed by atoms with Crippen LogP contribution in [0.3, 0.4) is 0 Å². The van der Waals surface area contributed by atoms with Crippen molar-refractivity contribution in [1.29, 1.82) is 0 Å². The van der Waals surface area contributed by atoms with E-state index in [0.29, 0.717) is 0 Å². The predicted molar refractivity (Wildman–Crippen MR) is 124 cm³/mol. The summed E-state index contributed by atoms with van der Waals surface area (Å²) in [6, 6.07) is 34.0. The summed E-state index contributed by atoms with van der Waals surface area (Å²) in [5.74, 6) is 0.864. The molecule has 0 aliphatic rings. The molecule has 0 aliphatic carbocycles. The van der Waals surface area contributed by atoms with Crippen molar-refractivity contribution in [2.75, 3.05) is 0 Å². The number of benzene rings is 4. The molecule has 0 unspecified atom stereocenters. The summed E-state index contributed by atoms with van der Waals surface area (Å²) in [5, 5.41) is 12.7. The van der Waals surface area contributed by atoms with E-state index in [4.69, 9.17) is 0 Å². The minimum Gasteiger partial charge on any atom is -0.274 e. The van der Waals surface area contributed by atoms with Crippen LogP contribution in [0.4, 0.5) is 0 Å². The number of hydrogen-bond acceptors (Lipinski definition) is 2. The standard InChI is InChI=1S/C27H19N3/c1-18-8-2-3-9-21(18)19-14-16-20(17-15-19)26-28-29-27-24-12-5-4-10-22(24)23-11-6-7-13-25(23)30(26)27/h2-17H,1H3. The molecule has 3 nitrogen and oxygen atoms in total. The molecule has 0 atom stereocenters. The third kappa shape index (κ3) is 2.45. The molecule has 0 saturated heterocycles. The van der Waals surface area contributed by atoms with E-state index in [1.807, 2.05) is 0 Å². The van der Waals surface area contributed by atoms with Gasteiger partial charge in [0.15, 0.2) is 11.5 Å². The number of para-hydroxylation sites is 1. The van der Waals surface area contributed by atoms with Gasteiger partial charge in [0.2, 0.25) is 0 Å². The maximum atomic E-state index is 4.60. The Bertz CT molecular complexity index is 1540. The Morgan fingerprint density at radius 3 is 2.00 bits per heavy atom. The second-order valence-electron chi connectivity index (χ2n) is 7.64. The minimum atomic E-state index is 0.864. The Kier molecular flexibility index (Phi) is 3.68. The fourth-order valence-corrected chi connectivity index (χ4v) is 4.38. The van der Waals surface area contributed by atoms with E-state index >= 15 is 0 Å². The van der Waals surface area contributed by atoms with Crippen molar-refractivity contribution in [3.05, 3.63) is 103 Å². The van der Waals surface area contributed by atoms with Gasteiger partial charge in [-0.1, -0.05) is 91.0 Å². The molecule has 30 heavy (non-hydrogen) atoms. The zero-order valence-corrected chi connectivity index (χ0v) is 16.6. The highest BCUT2D eigenvalue weighted by Crippen LogP contribution is 2.32. The van der Waals surface area contributed by atoms with Crippen LogP contribution in [0.5, 0.6) is 0 Å². The molecule has 0 N–H and O–H groups in total. The zero-order chi connectivity index (χ0) is 20.1. The van der Waals surface area contributed by atoms with E-state index in [1.54, 1.807) is 0 Å². The van der Waals surface area contributed by atoms with E-state index in [0.717, 1.165) is 27.9 Å². The van der Waals surface area contributed by atoms with Gasteiger partial charge >= 0.3 is 0 Å². The van der Waals surface area contributed by atoms with Crippen LogP contribution in [0.1, 0.15) is 5.56 Å². The maximum absolute atomic E-state index is 4.60. The van der Waals surface area contributed by atoms with E-state index < -0.39 is 0 Å². The van der Waals surface area contributed by atoms with Crippen LogP contribution in [-0.4, -0.2) is 14.6 Å². The Balaban J connectivity index is 1.60. The number of nitrogens with zero attached hydrogens (tertiary/aromatic N) is 3. The highest BCUT2D eigenvalue weighted by Gasteiger charge is 2.15. The number of pyridine rings is 1. The molecule has 0 radical (unpaired) electrons. The lowest BCUT2D eigenvalue weighted by atomic mass is 9.99. The molecular formula is C27H19N3. The second-order valence-corrected chi connectivity index (χ2v) is 7.64. The summed E-state index contributed by atoms with van der Waals surface area (Å²) in [5.41, 5.74) is 6.81. The molecule has 6 rings (SSSR count). The van der Waals surface area contributed by atoms with Crippen LogP contribution in [0.25, 0.3) is 49.8 Å². The van der Waals surface area contributed by atoms with Crippen molar-refractivity contribution in [1.82, 2.24) is 14.6 Å². The van der Waals surface area contributed by atoms with Crippen molar-refractivity contribution in [2.24, 2.45) is 0 Å². The summed E-state index contributed by atoms with van der Waals surface area (Å²) in [7, 11) is 0. The molecule has 2 aromatic heterocycles. The van der Waals surface area contributed by atoms with Gasteiger partial charge in [-0.3, -0.25) is 4.40 Å². The summed E-state index contributed by atoms with van der Waals surface area (Å²) < 4.78 is 2.18. The molecule has 6 aromatic rings. The van der Waals surface area contributed by atoms with Crippen LogP contribution in [-0.2, 0) is 0 Å². The van der Waals surface area contributed by atoms with Crippen LogP contribution in [0, 0.1) is 6.92 Å². The first-order valence-corrected chi connectivity index (χ1v) is 10.1. The molecule has 0 saturated carbocycles. The summed E-state index contributed by atoms with van der Waals surface area (Å²) >= 11 is 0. The monoisotopic (exact) mass is 385 g/mol. The number of aromatic nitrogens is 3. The topological polar surface area (TPSA) is 30.2 Å². The lowest BCUT2D eigenvalue weighted by Gasteiger charge is -2.10. The predicted octanol–water partition coefficient (Wildman–Crippen LogP) is 6.68. The maximum Gasteiger partial charge on any atom is 0.169 e. The molecule has 0 aliphatic heterocycles. The average molecular weight is 385 g/mol. The number of rotatable bonds is 2. The Morgan fingerprint density at radius 2 is 1.20 bits per heavy atom. The Labute approximate surface area is 174 Å². The Hall–Kier alpha value is -3.98. The fourth-order valence-electron chi connectivity index (χ4n) is 4.38. The first kappa shape index (κ1) is 16.9. The first-order chi connectivity index (χ1) is 14.8. The van der Waals surface area contributed by atoms with Gasteiger partial charge < -0.3 is 0 Å². The molecule has 0 bridgehead atoms. The van der Waals surface area contributed by atoms with E-state index in [9.17, 15) is 0 Å². The summed E-state index contributed by atoms with van der Waals surface area (Å²) in [6.07, 6.45) is 0. The zero-order valence-electron chi connectivity index (χ0n) is 16.6. The smallest absolute Gasteiger partial charge is 0.169 e. The van der Waals surface area contributed by atoms with Gasteiger partial charge in [-0.05, 0) is 35.1 Å². The number of fused-ring (bicyclic) bond motifs is 6. The van der Waals surface area contributed by atoms with Crippen LogP contribution in [0.15, 0.2) is 97.1 Å². The highest BCUT2D eigenvalue weighted by molar-refractivity contribution is 6.12. The molecule has 142 valence electrons. The van der Waals surface area contributed by atoms with Crippen molar-refractivity contribution in [2.45, 2.75) is 6.92 Å². The van der Waals surface area contributed by atoms with Crippen LogP contribution in [0.2, 0.25) is 0 Å². The molecule has 2 heterocycles. The molecule has 4 aromatic carbocycles. The SMILES string of the molecule is Cc1ccccc1-c1ccc(-c2nnc3c4ccccc4c4ccccc4n23)cc1. The Morgan fingerprint density at radius 1 is 0.567 bits per heavy atom. The first-order valence-electron chi connectivity index (χ1n) is 10.1. The van der Waals surface area contributed by atoms with Gasteiger partial charge in [-0.2, -0.15) is 0 Å². The third-order valence-corrected chi connectivity index (χ3v) is 5.87. The fraction of sp³-hybridized carbons (Fsp3) is 0.0370. The molecule has 3 heteroatoms. The molecular weight excluding hydrogens is 366 g/mol. The summed E-state index contributed by atoms with van der Waals surface area (Å²) in [6.45, 7) is 2.15. The van der Waals surface area contributed by atoms with E-state index in [2.05, 4.69) is 119 Å². The average Bonchev–Trinajstić information content (AvgIpc) is 3.25. The second kappa shape index (κ2) is 6.53. The van der Waals surface area contributed by atoms with Gasteiger partial charge in [0.25, 0.3) is 0 Å². The quantitative estimate of drug-likeness (QED) is 0.311. The van der Waals surface area contributed by atoms with Crippen LogP contribution >= 0.6 is 0 Å². The van der Waals surface area contributed by atoms with E-state index in [-0.39, 0.29) is 0 Å². The normalized spacial score (nSPS) is 11.5. The number of hydrogen-bond donors (Lipinski definition) is 0. The van der Waals surface area contributed by atoms with Crippen molar-refractivity contribution in [3.8, 4) is 22.5 Å². The summed E-state index contributed by atoms with van der Waals surface area (Å²) in [4.78, 5) is 0. The third-order valence-electron chi connectivity index (χ3n) is 5.87. The van der Waals surface area contributed by atoms with Crippen molar-refractivity contribution < 1.29 is 0 Å². The molecule has 0 spiro atoms. The van der Waals surface area contributed by atoms with Gasteiger partial charge in [-0.15, -0.1) is 10.2 Å². The largest absolute Gasteiger partial charge is 0.274 e. The molecule has 0 amide bonds. The highest BCUT2D eigenvalue weighted by atomic mass is 15.2. The lowest BCUT2D eigenvalue weighted by Crippen LogP contribution is -1.94. The van der Waals surface area contributed by atoms with Gasteiger partial charge in [0, 0.05) is 16.3 Å². The molecule has 0 fully saturated rings.